The second-order valence-electron chi connectivity index (χ2n) is 6.86. The minimum absolute atomic E-state index is 0.0236. The minimum Gasteiger partial charge on any atom is -0.355 e. The number of rotatable bonds is 4. The summed E-state index contributed by atoms with van der Waals surface area (Å²) in [5.41, 5.74) is 1.02. The molecule has 1 aromatic carbocycles. The van der Waals surface area contributed by atoms with E-state index >= 15 is 0 Å². The fourth-order valence-electron chi connectivity index (χ4n) is 2.82. The number of hydrogen-bond donors (Lipinski definition) is 2. The van der Waals surface area contributed by atoms with Crippen molar-refractivity contribution in [1.82, 2.24) is 10.6 Å². The van der Waals surface area contributed by atoms with E-state index in [9.17, 15) is 9.59 Å². The topological polar surface area (TPSA) is 58.2 Å². The highest BCUT2D eigenvalue weighted by atomic mass is 35.5. The third-order valence-corrected chi connectivity index (χ3v) is 4.45. The first kappa shape index (κ1) is 16.8. The molecule has 2 unspecified atom stereocenters. The molecule has 4 nitrogen and oxygen atoms in total. The number of benzene rings is 1. The summed E-state index contributed by atoms with van der Waals surface area (Å²) in [7, 11) is 0. The van der Waals surface area contributed by atoms with Gasteiger partial charge in [-0.15, -0.1) is 0 Å². The summed E-state index contributed by atoms with van der Waals surface area (Å²) in [5.74, 6) is -0.909. The molecule has 0 radical (unpaired) electrons. The van der Waals surface area contributed by atoms with Crippen LogP contribution in [0.1, 0.15) is 26.3 Å². The molecule has 1 aliphatic heterocycles. The Kier molecular flexibility index (Phi) is 5.12. The third kappa shape index (κ3) is 4.01. The van der Waals surface area contributed by atoms with Crippen LogP contribution in [0.25, 0.3) is 0 Å². The van der Waals surface area contributed by atoms with Gasteiger partial charge in [0.05, 0.1) is 0 Å². The molecule has 2 N–H and O–H groups in total. The minimum atomic E-state index is -0.592. The van der Waals surface area contributed by atoms with Crippen LogP contribution in [0.4, 0.5) is 0 Å². The van der Waals surface area contributed by atoms with Crippen molar-refractivity contribution in [3.63, 3.8) is 0 Å². The number of halogens is 1. The molecule has 0 saturated carbocycles. The highest BCUT2D eigenvalue weighted by Gasteiger charge is 2.45. The number of nitrogens with one attached hydrogen (secondary N) is 2. The van der Waals surface area contributed by atoms with Gasteiger partial charge in [0.25, 0.3) is 0 Å². The zero-order chi connectivity index (χ0) is 16.3. The van der Waals surface area contributed by atoms with Crippen molar-refractivity contribution >= 4 is 23.4 Å². The second kappa shape index (κ2) is 6.69. The van der Waals surface area contributed by atoms with E-state index in [1.165, 1.54) is 0 Å². The highest BCUT2D eigenvalue weighted by Crippen LogP contribution is 2.35. The first-order valence-electron chi connectivity index (χ1n) is 7.59. The predicted molar refractivity (Wildman–Crippen MR) is 87.6 cm³/mol. The van der Waals surface area contributed by atoms with E-state index in [0.717, 1.165) is 12.0 Å². The van der Waals surface area contributed by atoms with Gasteiger partial charge in [0.1, 0.15) is 5.92 Å². The smallest absolute Gasteiger partial charge is 0.232 e. The molecule has 2 rings (SSSR count). The summed E-state index contributed by atoms with van der Waals surface area (Å²) in [6.45, 7) is 7.27. The van der Waals surface area contributed by atoms with Crippen LogP contribution in [0.5, 0.6) is 0 Å². The molecule has 22 heavy (non-hydrogen) atoms. The predicted octanol–water partition coefficient (Wildman–Crippen LogP) is 2.41. The average molecular weight is 323 g/mol. The first-order chi connectivity index (χ1) is 10.3. The Bertz CT molecular complexity index is 549. The fourth-order valence-corrected chi connectivity index (χ4v) is 2.95. The van der Waals surface area contributed by atoms with E-state index in [4.69, 9.17) is 11.6 Å². The van der Waals surface area contributed by atoms with Crippen molar-refractivity contribution in [2.75, 3.05) is 13.1 Å². The van der Waals surface area contributed by atoms with E-state index < -0.39 is 5.92 Å². The van der Waals surface area contributed by atoms with Gasteiger partial charge in [0.15, 0.2) is 0 Å². The molecular weight excluding hydrogens is 300 g/mol. The van der Waals surface area contributed by atoms with E-state index in [2.05, 4.69) is 31.4 Å². The molecule has 1 aliphatic rings. The number of carbonyl (C=O) groups is 2. The van der Waals surface area contributed by atoms with E-state index in [0.29, 0.717) is 18.1 Å². The zero-order valence-corrected chi connectivity index (χ0v) is 14.0. The Labute approximate surface area is 136 Å². The van der Waals surface area contributed by atoms with Crippen LogP contribution in [-0.4, -0.2) is 24.9 Å². The van der Waals surface area contributed by atoms with Gasteiger partial charge < -0.3 is 10.6 Å². The summed E-state index contributed by atoms with van der Waals surface area (Å²) in [6, 6.07) is 7.54. The molecule has 1 aromatic rings. The van der Waals surface area contributed by atoms with Crippen molar-refractivity contribution in [2.45, 2.75) is 27.2 Å². The van der Waals surface area contributed by atoms with E-state index in [-0.39, 0.29) is 23.1 Å². The average Bonchev–Trinajstić information content (AvgIpc) is 2.83. The standard InChI is InChI=1S/C17H23ClN2O2/c1-17(2,3)13-10-20-16(22)14(13)15(21)19-9-8-11-4-6-12(18)7-5-11/h4-7,13-14H,8-10H2,1-3H3,(H,19,21)(H,20,22). The summed E-state index contributed by atoms with van der Waals surface area (Å²) in [6.07, 6.45) is 0.720. The molecule has 1 saturated heterocycles. The van der Waals surface area contributed by atoms with Gasteiger partial charge in [-0.2, -0.15) is 0 Å². The monoisotopic (exact) mass is 322 g/mol. The van der Waals surface area contributed by atoms with Crippen LogP contribution in [0.15, 0.2) is 24.3 Å². The molecule has 1 heterocycles. The Morgan fingerprint density at radius 3 is 2.55 bits per heavy atom. The largest absolute Gasteiger partial charge is 0.355 e. The maximum absolute atomic E-state index is 12.4. The van der Waals surface area contributed by atoms with Crippen molar-refractivity contribution < 1.29 is 9.59 Å². The van der Waals surface area contributed by atoms with Crippen molar-refractivity contribution in [1.29, 1.82) is 0 Å². The molecular formula is C17H23ClN2O2. The van der Waals surface area contributed by atoms with Crippen LogP contribution in [0, 0.1) is 17.3 Å². The molecule has 2 amide bonds. The zero-order valence-electron chi connectivity index (χ0n) is 13.3. The van der Waals surface area contributed by atoms with Crippen LogP contribution in [-0.2, 0) is 16.0 Å². The van der Waals surface area contributed by atoms with Gasteiger partial charge in [-0.25, -0.2) is 0 Å². The molecule has 5 heteroatoms. The Morgan fingerprint density at radius 2 is 1.95 bits per heavy atom. The van der Waals surface area contributed by atoms with E-state index in [1.807, 2.05) is 24.3 Å². The molecule has 2 atom stereocenters. The molecule has 120 valence electrons. The van der Waals surface area contributed by atoms with Gasteiger partial charge in [0.2, 0.25) is 11.8 Å². The summed E-state index contributed by atoms with van der Waals surface area (Å²) in [4.78, 5) is 24.3. The highest BCUT2D eigenvalue weighted by molar-refractivity contribution is 6.30. The molecule has 0 spiro atoms. The SMILES string of the molecule is CC(C)(C)C1CNC(=O)C1C(=O)NCCc1ccc(Cl)cc1. The lowest BCUT2D eigenvalue weighted by Gasteiger charge is -2.29. The van der Waals surface area contributed by atoms with Crippen molar-refractivity contribution in [3.05, 3.63) is 34.9 Å². The molecule has 0 bridgehead atoms. The fraction of sp³-hybridized carbons (Fsp3) is 0.529. The van der Waals surface area contributed by atoms with Crippen LogP contribution < -0.4 is 10.6 Å². The lowest BCUT2D eigenvalue weighted by molar-refractivity contribution is -0.135. The van der Waals surface area contributed by atoms with Gasteiger partial charge in [-0.05, 0) is 29.5 Å². The lowest BCUT2D eigenvalue weighted by atomic mass is 9.74. The number of hydrogen-bond acceptors (Lipinski definition) is 2. The molecule has 0 aromatic heterocycles. The van der Waals surface area contributed by atoms with Crippen molar-refractivity contribution in [2.24, 2.45) is 17.3 Å². The third-order valence-electron chi connectivity index (χ3n) is 4.20. The first-order valence-corrected chi connectivity index (χ1v) is 7.96. The lowest BCUT2D eigenvalue weighted by Crippen LogP contribution is -2.41. The Balaban J connectivity index is 1.91. The molecule has 1 fully saturated rings. The van der Waals surface area contributed by atoms with Gasteiger partial charge in [-0.1, -0.05) is 44.5 Å². The Morgan fingerprint density at radius 1 is 1.32 bits per heavy atom. The quantitative estimate of drug-likeness (QED) is 0.836. The normalized spacial score (nSPS) is 21.5. The summed E-state index contributed by atoms with van der Waals surface area (Å²) < 4.78 is 0. The summed E-state index contributed by atoms with van der Waals surface area (Å²) in [5, 5.41) is 6.39. The van der Waals surface area contributed by atoms with Gasteiger partial charge in [0, 0.05) is 24.0 Å². The van der Waals surface area contributed by atoms with Crippen LogP contribution in [0.2, 0.25) is 5.02 Å². The van der Waals surface area contributed by atoms with Crippen LogP contribution >= 0.6 is 11.6 Å². The van der Waals surface area contributed by atoms with Crippen LogP contribution in [0.3, 0.4) is 0 Å². The molecule has 0 aliphatic carbocycles. The van der Waals surface area contributed by atoms with Crippen molar-refractivity contribution in [3.8, 4) is 0 Å². The summed E-state index contributed by atoms with van der Waals surface area (Å²) >= 11 is 5.84. The van der Waals surface area contributed by atoms with E-state index in [1.54, 1.807) is 0 Å². The number of amides is 2. The maximum atomic E-state index is 12.4. The van der Waals surface area contributed by atoms with Gasteiger partial charge >= 0.3 is 0 Å². The number of carbonyl (C=O) groups excluding carboxylic acids is 2. The maximum Gasteiger partial charge on any atom is 0.232 e. The Hall–Kier alpha value is -1.55. The second-order valence-corrected chi connectivity index (χ2v) is 7.30. The van der Waals surface area contributed by atoms with Gasteiger partial charge in [-0.3, -0.25) is 9.59 Å².